The van der Waals surface area contributed by atoms with Gasteiger partial charge in [0.25, 0.3) is 0 Å². The Hall–Kier alpha value is -2.82. The number of methoxy groups -OCH3 is 1. The van der Waals surface area contributed by atoms with Gasteiger partial charge < -0.3 is 14.6 Å². The minimum Gasteiger partial charge on any atom is -0.497 e. The first-order valence-corrected chi connectivity index (χ1v) is 9.08. The summed E-state index contributed by atoms with van der Waals surface area (Å²) in [5, 5.41) is 0. The zero-order chi connectivity index (χ0) is 17.9. The van der Waals surface area contributed by atoms with Crippen LogP contribution in [-0.4, -0.2) is 41.0 Å². The molecule has 2 aromatic carbocycles. The van der Waals surface area contributed by atoms with Crippen LogP contribution in [0.4, 0.5) is 0 Å². The number of amides is 1. The van der Waals surface area contributed by atoms with Crippen molar-refractivity contribution < 1.29 is 9.53 Å². The number of hydrogen-bond acceptors (Lipinski definition) is 3. The van der Waals surface area contributed by atoms with Gasteiger partial charge in [-0.25, -0.2) is 4.98 Å². The number of rotatable bonds is 4. The number of fused-ring (bicyclic) bond motifs is 1. The van der Waals surface area contributed by atoms with E-state index in [4.69, 9.17) is 9.72 Å². The summed E-state index contributed by atoms with van der Waals surface area (Å²) >= 11 is 0. The third-order valence-electron chi connectivity index (χ3n) is 5.16. The Bertz CT molecular complexity index is 860. The number of benzene rings is 2. The second-order valence-corrected chi connectivity index (χ2v) is 6.82. The predicted molar refractivity (Wildman–Crippen MR) is 101 cm³/mol. The molecular weight excluding hydrogens is 326 g/mol. The summed E-state index contributed by atoms with van der Waals surface area (Å²) in [7, 11) is 1.65. The second kappa shape index (κ2) is 7.20. The molecule has 0 unspecified atom stereocenters. The molecule has 1 aliphatic heterocycles. The summed E-state index contributed by atoms with van der Waals surface area (Å²) in [4.78, 5) is 22.7. The lowest BCUT2D eigenvalue weighted by molar-refractivity contribution is -0.131. The maximum atomic E-state index is 12.6. The number of likely N-dealkylation sites (tertiary alicyclic amines) is 1. The molecule has 1 N–H and O–H groups in total. The fraction of sp³-hybridized carbons (Fsp3) is 0.333. The van der Waals surface area contributed by atoms with Crippen LogP contribution in [-0.2, 0) is 11.2 Å². The van der Waals surface area contributed by atoms with Crippen LogP contribution in [0.2, 0.25) is 0 Å². The molecule has 4 rings (SSSR count). The van der Waals surface area contributed by atoms with Gasteiger partial charge in [0.15, 0.2) is 0 Å². The van der Waals surface area contributed by atoms with Crippen LogP contribution < -0.4 is 4.74 Å². The monoisotopic (exact) mass is 349 g/mol. The smallest absolute Gasteiger partial charge is 0.226 e. The molecule has 2 heterocycles. The molecule has 0 spiro atoms. The van der Waals surface area contributed by atoms with Crippen LogP contribution in [0.15, 0.2) is 48.5 Å². The van der Waals surface area contributed by atoms with Gasteiger partial charge in [0, 0.05) is 19.0 Å². The lowest BCUT2D eigenvalue weighted by Gasteiger charge is -2.31. The first kappa shape index (κ1) is 16.6. The Kier molecular flexibility index (Phi) is 4.61. The van der Waals surface area contributed by atoms with Crippen molar-refractivity contribution in [2.24, 2.45) is 0 Å². The highest BCUT2D eigenvalue weighted by molar-refractivity contribution is 5.79. The largest absolute Gasteiger partial charge is 0.497 e. The van der Waals surface area contributed by atoms with E-state index in [1.54, 1.807) is 7.11 Å². The lowest BCUT2D eigenvalue weighted by atomic mass is 9.95. The molecular formula is C21H23N3O2. The molecule has 134 valence electrons. The molecule has 0 bridgehead atoms. The number of carbonyl (C=O) groups excluding carboxylic acids is 1. The van der Waals surface area contributed by atoms with Crippen molar-refractivity contribution in [3.8, 4) is 5.75 Å². The van der Waals surface area contributed by atoms with Crippen molar-refractivity contribution in [1.29, 1.82) is 0 Å². The Morgan fingerprint density at radius 1 is 1.15 bits per heavy atom. The maximum absolute atomic E-state index is 12.6. The molecule has 1 aliphatic rings. The van der Waals surface area contributed by atoms with Crippen molar-refractivity contribution in [2.75, 3.05) is 20.2 Å². The van der Waals surface area contributed by atoms with Crippen LogP contribution in [0.5, 0.6) is 5.75 Å². The normalized spacial score (nSPS) is 15.3. The number of carbonyl (C=O) groups is 1. The molecule has 26 heavy (non-hydrogen) atoms. The van der Waals surface area contributed by atoms with E-state index in [-0.39, 0.29) is 5.91 Å². The highest BCUT2D eigenvalue weighted by atomic mass is 16.5. The zero-order valence-electron chi connectivity index (χ0n) is 14.9. The van der Waals surface area contributed by atoms with Crippen LogP contribution in [0.3, 0.4) is 0 Å². The molecule has 1 saturated heterocycles. The molecule has 0 aliphatic carbocycles. The van der Waals surface area contributed by atoms with Crippen molar-refractivity contribution >= 4 is 16.9 Å². The molecule has 1 aromatic heterocycles. The average Bonchev–Trinajstić information content (AvgIpc) is 3.13. The number of hydrogen-bond donors (Lipinski definition) is 1. The minimum absolute atomic E-state index is 0.193. The Labute approximate surface area is 153 Å². The minimum atomic E-state index is 0.193. The van der Waals surface area contributed by atoms with E-state index in [0.29, 0.717) is 12.3 Å². The first-order chi connectivity index (χ1) is 12.7. The molecule has 0 radical (unpaired) electrons. The highest BCUT2D eigenvalue weighted by Crippen LogP contribution is 2.28. The molecule has 0 saturated carbocycles. The van der Waals surface area contributed by atoms with E-state index >= 15 is 0 Å². The van der Waals surface area contributed by atoms with Gasteiger partial charge in [-0.15, -0.1) is 0 Å². The number of para-hydroxylation sites is 2. The molecule has 1 fully saturated rings. The predicted octanol–water partition coefficient (Wildman–Crippen LogP) is 3.52. The van der Waals surface area contributed by atoms with Gasteiger partial charge in [0.05, 0.1) is 24.6 Å². The highest BCUT2D eigenvalue weighted by Gasteiger charge is 2.25. The van der Waals surface area contributed by atoms with E-state index < -0.39 is 0 Å². The van der Waals surface area contributed by atoms with E-state index in [1.807, 2.05) is 47.4 Å². The molecule has 1 amide bonds. The van der Waals surface area contributed by atoms with Gasteiger partial charge in [-0.2, -0.15) is 0 Å². The van der Waals surface area contributed by atoms with Crippen LogP contribution in [0.25, 0.3) is 11.0 Å². The van der Waals surface area contributed by atoms with Gasteiger partial charge in [-0.05, 0) is 42.7 Å². The fourth-order valence-corrected chi connectivity index (χ4v) is 3.60. The quantitative estimate of drug-likeness (QED) is 0.784. The maximum Gasteiger partial charge on any atom is 0.226 e. The number of nitrogens with zero attached hydrogens (tertiary/aromatic N) is 2. The van der Waals surface area contributed by atoms with E-state index in [9.17, 15) is 4.79 Å². The topological polar surface area (TPSA) is 58.2 Å². The van der Waals surface area contributed by atoms with E-state index in [0.717, 1.165) is 54.1 Å². The van der Waals surface area contributed by atoms with Crippen molar-refractivity contribution in [3.05, 3.63) is 59.9 Å². The average molecular weight is 349 g/mol. The van der Waals surface area contributed by atoms with Crippen LogP contribution in [0.1, 0.15) is 30.1 Å². The van der Waals surface area contributed by atoms with E-state index in [2.05, 4.69) is 11.1 Å². The number of aromatic nitrogens is 2. The standard InChI is InChI=1S/C21H23N3O2/c1-26-17-8-6-15(7-9-17)14-20(25)24-12-10-16(11-13-24)21-22-18-4-2-3-5-19(18)23-21/h2-9,16H,10-14H2,1H3,(H,22,23). The molecule has 0 atom stereocenters. The summed E-state index contributed by atoms with van der Waals surface area (Å²) < 4.78 is 5.16. The lowest BCUT2D eigenvalue weighted by Crippen LogP contribution is -2.39. The summed E-state index contributed by atoms with van der Waals surface area (Å²) in [5.41, 5.74) is 3.12. The summed E-state index contributed by atoms with van der Waals surface area (Å²) in [5.74, 6) is 2.45. The SMILES string of the molecule is COc1ccc(CC(=O)N2CCC(c3nc4ccccc4[nH]3)CC2)cc1. The second-order valence-electron chi connectivity index (χ2n) is 6.82. The number of aromatic amines is 1. The Morgan fingerprint density at radius 2 is 1.88 bits per heavy atom. The number of piperidine rings is 1. The van der Waals surface area contributed by atoms with Crippen molar-refractivity contribution in [3.63, 3.8) is 0 Å². The fourth-order valence-electron chi connectivity index (χ4n) is 3.60. The van der Waals surface area contributed by atoms with E-state index in [1.165, 1.54) is 0 Å². The van der Waals surface area contributed by atoms with Crippen LogP contribution in [0, 0.1) is 0 Å². The Balaban J connectivity index is 1.35. The number of nitrogens with one attached hydrogen (secondary N) is 1. The first-order valence-electron chi connectivity index (χ1n) is 9.08. The number of H-pyrrole nitrogens is 1. The molecule has 3 aromatic rings. The van der Waals surface area contributed by atoms with Gasteiger partial charge in [-0.3, -0.25) is 4.79 Å². The summed E-state index contributed by atoms with van der Waals surface area (Å²) in [6.07, 6.45) is 2.35. The van der Waals surface area contributed by atoms with Gasteiger partial charge in [0.2, 0.25) is 5.91 Å². The molecule has 5 heteroatoms. The summed E-state index contributed by atoms with van der Waals surface area (Å²) in [6.45, 7) is 1.58. The van der Waals surface area contributed by atoms with Gasteiger partial charge >= 0.3 is 0 Å². The van der Waals surface area contributed by atoms with Crippen LogP contribution >= 0.6 is 0 Å². The van der Waals surface area contributed by atoms with Crippen molar-refractivity contribution in [2.45, 2.75) is 25.2 Å². The zero-order valence-corrected chi connectivity index (χ0v) is 14.9. The third kappa shape index (κ3) is 3.43. The van der Waals surface area contributed by atoms with Gasteiger partial charge in [-0.1, -0.05) is 24.3 Å². The number of imidazole rings is 1. The number of ether oxygens (including phenoxy) is 1. The van der Waals surface area contributed by atoms with Gasteiger partial charge in [0.1, 0.15) is 11.6 Å². The molecule has 5 nitrogen and oxygen atoms in total. The third-order valence-corrected chi connectivity index (χ3v) is 5.16. The summed E-state index contributed by atoms with van der Waals surface area (Å²) in [6, 6.07) is 15.8. The Morgan fingerprint density at radius 3 is 2.58 bits per heavy atom. The van der Waals surface area contributed by atoms with Crippen molar-refractivity contribution in [1.82, 2.24) is 14.9 Å².